The van der Waals surface area contributed by atoms with Crippen LogP contribution in [0.5, 0.6) is 0 Å². The molecule has 0 saturated heterocycles. The zero-order valence-electron chi connectivity index (χ0n) is 17.2. The number of rotatable bonds is 11. The van der Waals surface area contributed by atoms with Gasteiger partial charge in [-0.05, 0) is 30.8 Å². The summed E-state index contributed by atoms with van der Waals surface area (Å²) in [5, 5.41) is 12.5. The van der Waals surface area contributed by atoms with Gasteiger partial charge in [-0.1, -0.05) is 48.0 Å². The molecule has 0 bridgehead atoms. The van der Waals surface area contributed by atoms with Gasteiger partial charge >= 0.3 is 0 Å². The van der Waals surface area contributed by atoms with E-state index in [1.807, 2.05) is 42.5 Å². The fraction of sp³-hybridized carbons (Fsp3) is 0.318. The number of nitrogens with two attached hydrogens (primary N) is 2. The third kappa shape index (κ3) is 5.95. The van der Waals surface area contributed by atoms with Gasteiger partial charge in [-0.15, -0.1) is 5.10 Å². The number of unbranched alkanes of at least 4 members (excludes halogenated alkanes) is 1. The molecular formula is C22H26N6O3. The molecule has 31 heavy (non-hydrogen) atoms. The van der Waals surface area contributed by atoms with Gasteiger partial charge in [0.1, 0.15) is 12.2 Å². The number of ketones is 1. The number of fused-ring (bicyclic) bond motifs is 1. The van der Waals surface area contributed by atoms with Crippen molar-refractivity contribution in [2.75, 3.05) is 11.9 Å². The molecule has 0 aliphatic rings. The van der Waals surface area contributed by atoms with Gasteiger partial charge in [-0.3, -0.25) is 14.4 Å². The topological polar surface area (TPSA) is 146 Å². The number of nitrogens with zero attached hydrogens (tertiary/aromatic N) is 3. The standard InChI is InChI=1S/C22H26N6O3/c23-11-4-3-7-16(22(24)31)12-20(29)19-13-28(27-26-19)14-21(30)25-18-10-5-8-15-6-1-2-9-17(15)18/h1-2,5-6,8-10,13,16H,3-4,7,11-12,14,23H2,(H2,24,31)(H,25,30)/t16-/m1/s1. The molecule has 162 valence electrons. The summed E-state index contributed by atoms with van der Waals surface area (Å²) in [6.07, 6.45) is 3.35. The van der Waals surface area contributed by atoms with E-state index in [2.05, 4.69) is 15.6 Å². The molecule has 1 aromatic heterocycles. The maximum absolute atomic E-state index is 12.5. The number of carbonyl (C=O) groups excluding carboxylic acids is 3. The lowest BCUT2D eigenvalue weighted by Gasteiger charge is -2.11. The molecule has 0 spiro atoms. The smallest absolute Gasteiger partial charge is 0.246 e. The fourth-order valence-corrected chi connectivity index (χ4v) is 3.38. The van der Waals surface area contributed by atoms with Crippen molar-refractivity contribution in [2.24, 2.45) is 17.4 Å². The van der Waals surface area contributed by atoms with Crippen LogP contribution in [-0.4, -0.2) is 39.1 Å². The highest BCUT2D eigenvalue weighted by Crippen LogP contribution is 2.23. The average Bonchev–Trinajstić information content (AvgIpc) is 3.21. The van der Waals surface area contributed by atoms with Crippen LogP contribution >= 0.6 is 0 Å². The summed E-state index contributed by atoms with van der Waals surface area (Å²) < 4.78 is 1.29. The summed E-state index contributed by atoms with van der Waals surface area (Å²) in [6, 6.07) is 13.4. The Hall–Kier alpha value is -3.59. The van der Waals surface area contributed by atoms with Crippen molar-refractivity contribution in [3.8, 4) is 0 Å². The second kappa shape index (κ2) is 10.4. The molecule has 0 radical (unpaired) electrons. The number of benzene rings is 2. The molecule has 1 atom stereocenters. The third-order valence-corrected chi connectivity index (χ3v) is 5.03. The molecule has 0 aliphatic heterocycles. The predicted molar refractivity (Wildman–Crippen MR) is 117 cm³/mol. The van der Waals surface area contributed by atoms with E-state index in [9.17, 15) is 14.4 Å². The molecule has 0 aliphatic carbocycles. The van der Waals surface area contributed by atoms with Crippen LogP contribution in [0.25, 0.3) is 10.8 Å². The lowest BCUT2D eigenvalue weighted by molar-refractivity contribution is -0.122. The highest BCUT2D eigenvalue weighted by atomic mass is 16.2. The molecule has 3 aromatic rings. The van der Waals surface area contributed by atoms with E-state index < -0.39 is 11.8 Å². The van der Waals surface area contributed by atoms with Gasteiger partial charge in [0, 0.05) is 23.4 Å². The molecule has 2 amide bonds. The summed E-state index contributed by atoms with van der Waals surface area (Å²) in [6.45, 7) is 0.424. The van der Waals surface area contributed by atoms with Crippen LogP contribution in [0.2, 0.25) is 0 Å². The Kier molecular flexibility index (Phi) is 7.45. The Morgan fingerprint density at radius 2 is 1.84 bits per heavy atom. The van der Waals surface area contributed by atoms with Gasteiger partial charge in [0.15, 0.2) is 5.78 Å². The normalized spacial score (nSPS) is 11.9. The van der Waals surface area contributed by atoms with E-state index in [1.54, 1.807) is 0 Å². The van der Waals surface area contributed by atoms with Crippen molar-refractivity contribution < 1.29 is 14.4 Å². The molecule has 9 nitrogen and oxygen atoms in total. The summed E-state index contributed by atoms with van der Waals surface area (Å²) in [4.78, 5) is 36.6. The SMILES string of the molecule is NCCCC[C@H](CC(=O)c1cn(CC(=O)Nc2cccc3ccccc23)nn1)C(N)=O. The number of primary amides is 1. The monoisotopic (exact) mass is 422 g/mol. The second-order valence-corrected chi connectivity index (χ2v) is 7.39. The molecule has 2 aromatic carbocycles. The van der Waals surface area contributed by atoms with Crippen LogP contribution in [0.3, 0.4) is 0 Å². The number of hydrogen-bond acceptors (Lipinski definition) is 6. The zero-order valence-corrected chi connectivity index (χ0v) is 17.2. The number of Topliss-reactive ketones (excluding diaryl/α,β-unsaturated/α-hetero) is 1. The van der Waals surface area contributed by atoms with Crippen molar-refractivity contribution >= 4 is 34.1 Å². The summed E-state index contributed by atoms with van der Waals surface area (Å²) in [5.41, 5.74) is 11.7. The first kappa shape index (κ1) is 22.1. The van der Waals surface area contributed by atoms with E-state index in [4.69, 9.17) is 11.5 Å². The number of anilines is 1. The van der Waals surface area contributed by atoms with Crippen LogP contribution in [0.15, 0.2) is 48.7 Å². The van der Waals surface area contributed by atoms with Crippen LogP contribution in [-0.2, 0) is 16.1 Å². The Labute approximate surface area is 179 Å². The zero-order chi connectivity index (χ0) is 22.2. The Morgan fingerprint density at radius 3 is 2.61 bits per heavy atom. The Balaban J connectivity index is 1.60. The Bertz CT molecular complexity index is 1070. The highest BCUT2D eigenvalue weighted by Gasteiger charge is 2.22. The number of hydrogen-bond donors (Lipinski definition) is 3. The van der Waals surface area contributed by atoms with E-state index >= 15 is 0 Å². The first-order chi connectivity index (χ1) is 15.0. The maximum Gasteiger partial charge on any atom is 0.246 e. The van der Waals surface area contributed by atoms with Crippen molar-refractivity contribution in [3.63, 3.8) is 0 Å². The molecule has 5 N–H and O–H groups in total. The van der Waals surface area contributed by atoms with E-state index in [0.717, 1.165) is 23.6 Å². The van der Waals surface area contributed by atoms with Gasteiger partial charge in [-0.25, -0.2) is 4.68 Å². The first-order valence-corrected chi connectivity index (χ1v) is 10.2. The highest BCUT2D eigenvalue weighted by molar-refractivity contribution is 6.02. The largest absolute Gasteiger partial charge is 0.369 e. The van der Waals surface area contributed by atoms with Crippen molar-refractivity contribution in [2.45, 2.75) is 32.2 Å². The van der Waals surface area contributed by atoms with Crippen molar-refractivity contribution in [1.82, 2.24) is 15.0 Å². The van der Waals surface area contributed by atoms with Gasteiger partial charge < -0.3 is 16.8 Å². The van der Waals surface area contributed by atoms with Gasteiger partial charge in [-0.2, -0.15) is 0 Å². The number of aromatic nitrogens is 3. The van der Waals surface area contributed by atoms with Crippen molar-refractivity contribution in [1.29, 1.82) is 0 Å². The lowest BCUT2D eigenvalue weighted by atomic mass is 9.94. The summed E-state index contributed by atoms with van der Waals surface area (Å²) in [5.74, 6) is -1.72. The van der Waals surface area contributed by atoms with Gasteiger partial charge in [0.05, 0.1) is 6.20 Å². The number of nitrogens with one attached hydrogen (secondary N) is 1. The van der Waals surface area contributed by atoms with E-state index in [1.165, 1.54) is 10.9 Å². The maximum atomic E-state index is 12.5. The molecule has 1 heterocycles. The predicted octanol–water partition coefficient (Wildman–Crippen LogP) is 1.87. The minimum atomic E-state index is -0.570. The minimum absolute atomic E-state index is 0.0409. The lowest BCUT2D eigenvalue weighted by Crippen LogP contribution is -2.26. The van der Waals surface area contributed by atoms with E-state index in [0.29, 0.717) is 18.7 Å². The molecule has 0 fully saturated rings. The Morgan fingerprint density at radius 1 is 1.06 bits per heavy atom. The third-order valence-electron chi connectivity index (χ3n) is 5.03. The number of amides is 2. The van der Waals surface area contributed by atoms with Crippen LogP contribution < -0.4 is 16.8 Å². The number of carbonyl (C=O) groups is 3. The molecule has 3 rings (SSSR count). The molecule has 9 heteroatoms. The average molecular weight is 422 g/mol. The fourth-order valence-electron chi connectivity index (χ4n) is 3.38. The van der Waals surface area contributed by atoms with Crippen LogP contribution in [0.1, 0.15) is 36.2 Å². The van der Waals surface area contributed by atoms with Crippen molar-refractivity contribution in [3.05, 3.63) is 54.4 Å². The molecule has 0 unspecified atom stereocenters. The second-order valence-electron chi connectivity index (χ2n) is 7.39. The van der Waals surface area contributed by atoms with Crippen LogP contribution in [0.4, 0.5) is 5.69 Å². The summed E-state index contributed by atoms with van der Waals surface area (Å²) in [7, 11) is 0. The molecular weight excluding hydrogens is 396 g/mol. The van der Waals surface area contributed by atoms with Crippen LogP contribution in [0, 0.1) is 5.92 Å². The quantitative estimate of drug-likeness (QED) is 0.318. The van der Waals surface area contributed by atoms with Gasteiger partial charge in [0.2, 0.25) is 11.8 Å². The molecule has 0 saturated carbocycles. The van der Waals surface area contributed by atoms with E-state index in [-0.39, 0.29) is 30.3 Å². The summed E-state index contributed by atoms with van der Waals surface area (Å²) >= 11 is 0. The minimum Gasteiger partial charge on any atom is -0.369 e. The first-order valence-electron chi connectivity index (χ1n) is 10.2. The van der Waals surface area contributed by atoms with Gasteiger partial charge in [0.25, 0.3) is 0 Å².